The van der Waals surface area contributed by atoms with Gasteiger partial charge in [0, 0.05) is 12.2 Å². The molecule has 9 heteroatoms. The average Bonchev–Trinajstić information content (AvgIpc) is 3.57. The van der Waals surface area contributed by atoms with Gasteiger partial charge >= 0.3 is 12.1 Å². The predicted molar refractivity (Wildman–Crippen MR) is 124 cm³/mol. The van der Waals surface area contributed by atoms with Crippen molar-refractivity contribution in [2.45, 2.75) is 82.9 Å². The molecule has 2 fully saturated rings. The molecule has 2 aromatic rings. The van der Waals surface area contributed by atoms with Crippen molar-refractivity contribution < 1.29 is 28.6 Å². The Morgan fingerprint density at radius 3 is 2.38 bits per heavy atom. The number of hydrogen-bond acceptors (Lipinski definition) is 5. The summed E-state index contributed by atoms with van der Waals surface area (Å²) >= 11 is 0. The summed E-state index contributed by atoms with van der Waals surface area (Å²) in [5.74, 6) is -1.93. The van der Waals surface area contributed by atoms with Crippen LogP contribution in [0.3, 0.4) is 0 Å². The van der Waals surface area contributed by atoms with Crippen LogP contribution in [-0.4, -0.2) is 34.4 Å². The first-order chi connectivity index (χ1) is 16.0. The second-order valence-electron chi connectivity index (χ2n) is 10.2. The molecule has 2 N–H and O–H groups in total. The fourth-order valence-corrected chi connectivity index (χ4v) is 4.98. The van der Waals surface area contributed by atoms with Gasteiger partial charge in [0.05, 0.1) is 29.1 Å². The SMILES string of the molecule is COc1c(C2(NC(=O)OC(C)(C)C)CCCCC2)c(F)cc2c(=O)c(C(=O)O)cn(C3CC3)c12. The number of carbonyl (C=O) groups is 2. The summed E-state index contributed by atoms with van der Waals surface area (Å²) < 4.78 is 28.8. The Kier molecular flexibility index (Phi) is 6.08. The van der Waals surface area contributed by atoms with E-state index in [4.69, 9.17) is 9.47 Å². The van der Waals surface area contributed by atoms with E-state index in [1.54, 1.807) is 25.3 Å². The highest BCUT2D eigenvalue weighted by Crippen LogP contribution is 2.47. The van der Waals surface area contributed by atoms with E-state index < -0.39 is 40.0 Å². The fourth-order valence-electron chi connectivity index (χ4n) is 4.98. The number of nitrogens with one attached hydrogen (secondary N) is 1. The molecule has 34 heavy (non-hydrogen) atoms. The topological polar surface area (TPSA) is 107 Å². The lowest BCUT2D eigenvalue weighted by Crippen LogP contribution is -2.49. The highest BCUT2D eigenvalue weighted by atomic mass is 19.1. The van der Waals surface area contributed by atoms with Crippen molar-refractivity contribution in [3.8, 4) is 5.75 Å². The molecule has 0 saturated heterocycles. The van der Waals surface area contributed by atoms with Crippen LogP contribution in [0.5, 0.6) is 5.75 Å². The van der Waals surface area contributed by atoms with Crippen LogP contribution in [0, 0.1) is 5.82 Å². The summed E-state index contributed by atoms with van der Waals surface area (Å²) in [5, 5.41) is 12.4. The van der Waals surface area contributed by atoms with E-state index in [9.17, 15) is 19.5 Å². The number of pyridine rings is 1. The number of rotatable bonds is 5. The van der Waals surface area contributed by atoms with Crippen molar-refractivity contribution in [3.05, 3.63) is 39.4 Å². The smallest absolute Gasteiger partial charge is 0.408 e. The lowest BCUT2D eigenvalue weighted by molar-refractivity contribution is 0.0415. The molecule has 0 bridgehead atoms. The van der Waals surface area contributed by atoms with Crippen molar-refractivity contribution >= 4 is 23.0 Å². The number of amides is 1. The number of hydrogen-bond donors (Lipinski definition) is 2. The average molecular weight is 475 g/mol. The zero-order valence-corrected chi connectivity index (χ0v) is 20.0. The molecule has 4 rings (SSSR count). The normalized spacial score (nSPS) is 17.9. The Morgan fingerprint density at radius 2 is 1.85 bits per heavy atom. The monoisotopic (exact) mass is 474 g/mol. The number of aromatic nitrogens is 1. The first kappa shape index (κ1) is 24.0. The molecule has 2 aliphatic rings. The van der Waals surface area contributed by atoms with Crippen molar-refractivity contribution in [2.75, 3.05) is 7.11 Å². The molecule has 1 aromatic heterocycles. The highest BCUT2D eigenvalue weighted by molar-refractivity contribution is 5.95. The first-order valence-electron chi connectivity index (χ1n) is 11.7. The summed E-state index contributed by atoms with van der Waals surface area (Å²) in [4.78, 5) is 37.5. The maximum absolute atomic E-state index is 15.9. The van der Waals surface area contributed by atoms with Crippen LogP contribution in [0.1, 0.15) is 87.7 Å². The zero-order chi connectivity index (χ0) is 24.8. The highest BCUT2D eigenvalue weighted by Gasteiger charge is 2.43. The summed E-state index contributed by atoms with van der Waals surface area (Å²) in [6.45, 7) is 5.27. The maximum Gasteiger partial charge on any atom is 0.408 e. The number of ether oxygens (including phenoxy) is 2. The number of nitrogens with zero attached hydrogens (tertiary/aromatic N) is 1. The zero-order valence-electron chi connectivity index (χ0n) is 20.0. The van der Waals surface area contributed by atoms with E-state index >= 15 is 4.39 Å². The number of aromatic carboxylic acids is 1. The number of fused-ring (bicyclic) bond motifs is 1. The van der Waals surface area contributed by atoms with Crippen LogP contribution in [0.4, 0.5) is 9.18 Å². The van der Waals surface area contributed by atoms with E-state index in [1.165, 1.54) is 13.3 Å². The molecule has 1 aromatic carbocycles. The van der Waals surface area contributed by atoms with Gasteiger partial charge in [-0.05, 0) is 52.5 Å². The summed E-state index contributed by atoms with van der Waals surface area (Å²) in [7, 11) is 1.40. The van der Waals surface area contributed by atoms with Gasteiger partial charge in [-0.1, -0.05) is 19.3 Å². The lowest BCUT2D eigenvalue weighted by Gasteiger charge is -2.40. The number of carboxylic acids is 1. The van der Waals surface area contributed by atoms with Crippen molar-refractivity contribution in [3.63, 3.8) is 0 Å². The molecule has 0 unspecified atom stereocenters. The van der Waals surface area contributed by atoms with Gasteiger partial charge in [0.25, 0.3) is 0 Å². The minimum atomic E-state index is -1.36. The molecule has 184 valence electrons. The predicted octanol–water partition coefficient (Wildman–Crippen LogP) is 4.87. The van der Waals surface area contributed by atoms with Gasteiger partial charge in [0.2, 0.25) is 5.43 Å². The second kappa shape index (κ2) is 8.60. The second-order valence-corrected chi connectivity index (χ2v) is 10.2. The number of methoxy groups -OCH3 is 1. The third-order valence-corrected chi connectivity index (χ3v) is 6.52. The molecule has 1 heterocycles. The van der Waals surface area contributed by atoms with Gasteiger partial charge in [-0.3, -0.25) is 4.79 Å². The molecule has 0 spiro atoms. The minimum absolute atomic E-state index is 0.00506. The molecule has 2 aliphatic carbocycles. The van der Waals surface area contributed by atoms with Gasteiger partial charge in [0.15, 0.2) is 5.75 Å². The molecule has 0 atom stereocenters. The quantitative estimate of drug-likeness (QED) is 0.641. The van der Waals surface area contributed by atoms with Gasteiger partial charge in [-0.25, -0.2) is 14.0 Å². The lowest BCUT2D eigenvalue weighted by atomic mass is 9.75. The Labute approximate surface area is 197 Å². The Balaban J connectivity index is 1.98. The first-order valence-corrected chi connectivity index (χ1v) is 11.7. The van der Waals surface area contributed by atoms with Crippen LogP contribution in [0.25, 0.3) is 10.9 Å². The number of carbonyl (C=O) groups excluding carboxylic acids is 1. The molecule has 2 saturated carbocycles. The van der Waals surface area contributed by atoms with E-state index in [0.29, 0.717) is 18.4 Å². The van der Waals surface area contributed by atoms with Crippen molar-refractivity contribution in [2.24, 2.45) is 0 Å². The minimum Gasteiger partial charge on any atom is -0.494 e. The molecular formula is C25H31FN2O6. The molecular weight excluding hydrogens is 443 g/mol. The van der Waals surface area contributed by atoms with E-state index in [1.807, 2.05) is 0 Å². The van der Waals surface area contributed by atoms with Gasteiger partial charge in [-0.15, -0.1) is 0 Å². The Hall–Kier alpha value is -3.10. The number of halogens is 1. The molecule has 0 aliphatic heterocycles. The Morgan fingerprint density at radius 1 is 1.21 bits per heavy atom. The Bertz CT molecular complexity index is 1200. The van der Waals surface area contributed by atoms with Crippen LogP contribution in [-0.2, 0) is 10.3 Å². The van der Waals surface area contributed by atoms with Gasteiger partial charge in [-0.2, -0.15) is 0 Å². The molecule has 0 radical (unpaired) electrons. The van der Waals surface area contributed by atoms with Crippen LogP contribution in [0.2, 0.25) is 0 Å². The summed E-state index contributed by atoms with van der Waals surface area (Å²) in [6, 6.07) is 1.09. The number of carboxylic acid groups (broad SMARTS) is 1. The van der Waals surface area contributed by atoms with Crippen LogP contribution >= 0.6 is 0 Å². The van der Waals surface area contributed by atoms with Crippen LogP contribution in [0.15, 0.2) is 17.1 Å². The molecule has 1 amide bonds. The third kappa shape index (κ3) is 4.35. The van der Waals surface area contributed by atoms with E-state index in [0.717, 1.165) is 38.2 Å². The van der Waals surface area contributed by atoms with Gasteiger partial charge < -0.3 is 24.5 Å². The van der Waals surface area contributed by atoms with E-state index in [2.05, 4.69) is 5.32 Å². The summed E-state index contributed by atoms with van der Waals surface area (Å²) in [5.41, 5.74) is -2.46. The fraction of sp³-hybridized carbons (Fsp3) is 0.560. The van der Waals surface area contributed by atoms with Gasteiger partial charge in [0.1, 0.15) is 17.0 Å². The standard InChI is InChI=1S/C25H31FN2O6/c1-24(2,3)34-23(32)27-25(10-6-5-7-11-25)18-17(26)12-15-19(21(18)33-4)28(14-8-9-14)13-16(20(15)29)22(30)31/h12-14H,5-11H2,1-4H3,(H,27,32)(H,30,31). The summed E-state index contributed by atoms with van der Waals surface area (Å²) in [6.07, 6.45) is 5.73. The largest absolute Gasteiger partial charge is 0.494 e. The number of alkyl carbamates (subject to hydrolysis) is 1. The van der Waals surface area contributed by atoms with Crippen molar-refractivity contribution in [1.29, 1.82) is 0 Å². The van der Waals surface area contributed by atoms with Crippen molar-refractivity contribution in [1.82, 2.24) is 9.88 Å². The number of benzene rings is 1. The van der Waals surface area contributed by atoms with Crippen LogP contribution < -0.4 is 15.5 Å². The maximum atomic E-state index is 15.9. The molecule has 8 nitrogen and oxygen atoms in total. The van der Waals surface area contributed by atoms with E-state index in [-0.39, 0.29) is 22.7 Å². The third-order valence-electron chi connectivity index (χ3n) is 6.52.